The number of para-hydroxylation sites is 3. The summed E-state index contributed by atoms with van der Waals surface area (Å²) in [6.07, 6.45) is 3.22. The quantitative estimate of drug-likeness (QED) is 0.373. The van der Waals surface area contributed by atoms with E-state index >= 15 is 0 Å². The van der Waals surface area contributed by atoms with Crippen LogP contribution in [0.2, 0.25) is 0 Å². The van der Waals surface area contributed by atoms with Crippen LogP contribution < -0.4 is 9.80 Å². The van der Waals surface area contributed by atoms with Gasteiger partial charge in [0.2, 0.25) is 17.7 Å². The van der Waals surface area contributed by atoms with Gasteiger partial charge in [-0.25, -0.2) is 0 Å². The molecule has 3 aromatic carbocycles. The van der Waals surface area contributed by atoms with Crippen LogP contribution >= 0.6 is 0 Å². The van der Waals surface area contributed by atoms with Crippen molar-refractivity contribution in [3.05, 3.63) is 103 Å². The van der Waals surface area contributed by atoms with E-state index in [1.54, 1.807) is 11.1 Å². The van der Waals surface area contributed by atoms with Crippen LogP contribution in [0.3, 0.4) is 0 Å². The Hall–Kier alpha value is -4.72. The van der Waals surface area contributed by atoms with E-state index in [9.17, 15) is 14.4 Å². The van der Waals surface area contributed by atoms with Crippen molar-refractivity contribution in [2.24, 2.45) is 5.92 Å². The van der Waals surface area contributed by atoms with Gasteiger partial charge in [0.05, 0.1) is 5.52 Å². The van der Waals surface area contributed by atoms with Gasteiger partial charge in [-0.3, -0.25) is 24.4 Å². The lowest BCUT2D eigenvalue weighted by atomic mass is 9.98. The van der Waals surface area contributed by atoms with E-state index in [0.717, 1.165) is 16.6 Å². The van der Waals surface area contributed by atoms with Crippen molar-refractivity contribution in [1.82, 2.24) is 15.1 Å². The molecule has 1 aliphatic heterocycles. The minimum absolute atomic E-state index is 0.120. The molecule has 5 rings (SSSR count). The summed E-state index contributed by atoms with van der Waals surface area (Å²) in [5, 5.41) is 8.18. The van der Waals surface area contributed by atoms with Crippen LogP contribution in [0.25, 0.3) is 10.9 Å². The van der Waals surface area contributed by atoms with Crippen molar-refractivity contribution < 1.29 is 14.4 Å². The Labute approximate surface area is 221 Å². The molecule has 0 radical (unpaired) electrons. The van der Waals surface area contributed by atoms with Gasteiger partial charge in [-0.05, 0) is 44.2 Å². The van der Waals surface area contributed by atoms with Gasteiger partial charge in [0.1, 0.15) is 12.5 Å². The zero-order valence-electron chi connectivity index (χ0n) is 21.3. The van der Waals surface area contributed by atoms with Gasteiger partial charge < -0.3 is 9.80 Å². The molecule has 192 valence electrons. The Bertz CT molecular complexity index is 1480. The van der Waals surface area contributed by atoms with Crippen LogP contribution in [0.5, 0.6) is 0 Å². The van der Waals surface area contributed by atoms with Crippen molar-refractivity contribution in [1.29, 1.82) is 0 Å². The molecule has 0 aliphatic carbocycles. The highest BCUT2D eigenvalue weighted by Gasteiger charge is 2.38. The SMILES string of the molecule is CC(C)N(C(=O)CN1C=CN(c2ccccc2)C(=O)C(Cc2[nH]nc3ccccc23)C1=O)c1ccccc1. The number of anilines is 2. The first kappa shape index (κ1) is 25.0. The van der Waals surface area contributed by atoms with Gasteiger partial charge in [0, 0.05) is 47.3 Å². The lowest BCUT2D eigenvalue weighted by Crippen LogP contribution is -2.46. The number of nitrogens with zero attached hydrogens (tertiary/aromatic N) is 4. The van der Waals surface area contributed by atoms with Gasteiger partial charge in [-0.1, -0.05) is 54.6 Å². The van der Waals surface area contributed by atoms with Gasteiger partial charge in [0.15, 0.2) is 0 Å². The summed E-state index contributed by atoms with van der Waals surface area (Å²) in [4.78, 5) is 45.7. The standard InChI is InChI=1S/C30H29N5O3/c1-21(2)35(23-13-7-4-8-14-23)28(36)20-33-17-18-34(22-11-5-3-6-12-22)30(38)25(29(33)37)19-27-24-15-9-10-16-26(24)31-32-27/h3-18,21,25H,19-20H2,1-2H3,(H,31,32). The van der Waals surface area contributed by atoms with Crippen molar-refractivity contribution in [3.8, 4) is 0 Å². The van der Waals surface area contributed by atoms with Crippen LogP contribution in [0.4, 0.5) is 11.4 Å². The topological polar surface area (TPSA) is 89.6 Å². The molecule has 0 fully saturated rings. The van der Waals surface area contributed by atoms with E-state index in [1.807, 2.05) is 98.8 Å². The molecule has 8 heteroatoms. The third kappa shape index (κ3) is 4.93. The molecule has 3 amide bonds. The number of benzene rings is 3. The predicted molar refractivity (Wildman–Crippen MR) is 147 cm³/mol. The van der Waals surface area contributed by atoms with Gasteiger partial charge in [-0.15, -0.1) is 0 Å². The normalized spacial score (nSPS) is 15.8. The predicted octanol–water partition coefficient (Wildman–Crippen LogP) is 4.51. The number of aromatic amines is 1. The van der Waals surface area contributed by atoms with Crippen molar-refractivity contribution >= 4 is 40.0 Å². The molecule has 1 aromatic heterocycles. The highest BCUT2D eigenvalue weighted by Crippen LogP contribution is 2.26. The molecule has 1 aliphatic rings. The molecular formula is C30H29N5O3. The second-order valence-corrected chi connectivity index (χ2v) is 9.48. The number of amides is 3. The van der Waals surface area contributed by atoms with E-state index in [2.05, 4.69) is 10.2 Å². The number of hydrogen-bond donors (Lipinski definition) is 1. The third-order valence-corrected chi connectivity index (χ3v) is 6.62. The van der Waals surface area contributed by atoms with Crippen molar-refractivity contribution in [3.63, 3.8) is 0 Å². The van der Waals surface area contributed by atoms with Gasteiger partial charge >= 0.3 is 0 Å². The highest BCUT2D eigenvalue weighted by atomic mass is 16.2. The maximum absolute atomic E-state index is 13.9. The summed E-state index contributed by atoms with van der Waals surface area (Å²) in [5.74, 6) is -2.09. The number of hydrogen-bond acceptors (Lipinski definition) is 4. The molecule has 0 saturated heterocycles. The minimum Gasteiger partial charge on any atom is -0.308 e. The highest BCUT2D eigenvalue weighted by molar-refractivity contribution is 6.11. The molecule has 1 N–H and O–H groups in total. The Morgan fingerprint density at radius 3 is 2.26 bits per heavy atom. The van der Waals surface area contributed by atoms with Crippen LogP contribution in [0.1, 0.15) is 19.5 Å². The van der Waals surface area contributed by atoms with E-state index in [0.29, 0.717) is 11.4 Å². The van der Waals surface area contributed by atoms with E-state index in [4.69, 9.17) is 0 Å². The molecule has 0 saturated carbocycles. The number of nitrogens with one attached hydrogen (secondary N) is 1. The van der Waals surface area contributed by atoms with Crippen LogP contribution in [0.15, 0.2) is 97.3 Å². The van der Waals surface area contributed by atoms with Crippen molar-refractivity contribution in [2.75, 3.05) is 16.3 Å². The van der Waals surface area contributed by atoms with Crippen molar-refractivity contribution in [2.45, 2.75) is 26.3 Å². The maximum atomic E-state index is 13.9. The smallest absolute Gasteiger partial charge is 0.247 e. The molecule has 38 heavy (non-hydrogen) atoms. The Kier molecular flexibility index (Phi) is 7.04. The zero-order chi connectivity index (χ0) is 26.6. The molecule has 2 heterocycles. The third-order valence-electron chi connectivity index (χ3n) is 6.62. The number of rotatable bonds is 7. The summed E-state index contributed by atoms with van der Waals surface area (Å²) in [5.41, 5.74) is 2.85. The van der Waals surface area contributed by atoms with E-state index in [-0.39, 0.29) is 30.8 Å². The largest absolute Gasteiger partial charge is 0.308 e. The molecular weight excluding hydrogens is 478 g/mol. The Morgan fingerprint density at radius 2 is 1.55 bits per heavy atom. The number of carbonyl (C=O) groups is 3. The fourth-order valence-electron chi connectivity index (χ4n) is 4.79. The summed E-state index contributed by atoms with van der Waals surface area (Å²) in [7, 11) is 0. The molecule has 0 spiro atoms. The van der Waals surface area contributed by atoms with E-state index in [1.165, 1.54) is 16.0 Å². The number of carbonyl (C=O) groups excluding carboxylic acids is 3. The summed E-state index contributed by atoms with van der Waals surface area (Å²) < 4.78 is 0. The fourth-order valence-corrected chi connectivity index (χ4v) is 4.79. The van der Waals surface area contributed by atoms with Crippen LogP contribution in [0, 0.1) is 5.92 Å². The summed E-state index contributed by atoms with van der Waals surface area (Å²) in [6, 6.07) is 26.0. The zero-order valence-corrected chi connectivity index (χ0v) is 21.3. The lowest BCUT2D eigenvalue weighted by Gasteiger charge is -2.29. The molecule has 4 aromatic rings. The minimum atomic E-state index is -1.05. The number of H-pyrrole nitrogens is 1. The fraction of sp³-hybridized carbons (Fsp3) is 0.200. The summed E-state index contributed by atoms with van der Waals surface area (Å²) in [6.45, 7) is 3.66. The van der Waals surface area contributed by atoms with Crippen LogP contribution in [-0.2, 0) is 20.8 Å². The van der Waals surface area contributed by atoms with Gasteiger partial charge in [-0.2, -0.15) is 5.10 Å². The average molecular weight is 508 g/mol. The molecule has 0 bridgehead atoms. The second kappa shape index (κ2) is 10.7. The molecule has 8 nitrogen and oxygen atoms in total. The first-order valence-corrected chi connectivity index (χ1v) is 12.6. The Morgan fingerprint density at radius 1 is 0.895 bits per heavy atom. The summed E-state index contributed by atoms with van der Waals surface area (Å²) >= 11 is 0. The molecule has 1 atom stereocenters. The van der Waals surface area contributed by atoms with Crippen LogP contribution in [-0.4, -0.2) is 45.4 Å². The lowest BCUT2D eigenvalue weighted by molar-refractivity contribution is -0.140. The first-order valence-electron chi connectivity index (χ1n) is 12.6. The van der Waals surface area contributed by atoms with Gasteiger partial charge in [0.25, 0.3) is 0 Å². The maximum Gasteiger partial charge on any atom is 0.247 e. The Balaban J connectivity index is 1.49. The number of aromatic nitrogens is 2. The first-order chi connectivity index (χ1) is 18.4. The second-order valence-electron chi connectivity index (χ2n) is 9.48. The number of fused-ring (bicyclic) bond motifs is 1. The van der Waals surface area contributed by atoms with E-state index < -0.39 is 11.8 Å². The average Bonchev–Trinajstić information content (AvgIpc) is 3.30. The molecule has 1 unspecified atom stereocenters. The monoisotopic (exact) mass is 507 g/mol.